The molecule has 1 aromatic carbocycles. The molecule has 0 amide bonds. The van der Waals surface area contributed by atoms with Crippen LogP contribution in [0.4, 0.5) is 0 Å². The zero-order valence-electron chi connectivity index (χ0n) is 11.9. The second-order valence-electron chi connectivity index (χ2n) is 6.34. The Kier molecular flexibility index (Phi) is 2.49. The molecular weight excluding hydrogens is 238 g/mol. The molecule has 100 valence electrons. The molecule has 1 aliphatic heterocycles. The van der Waals surface area contributed by atoms with E-state index in [0.717, 1.165) is 22.2 Å². The predicted octanol–water partition coefficient (Wildman–Crippen LogP) is 3.25. The van der Waals surface area contributed by atoms with Gasteiger partial charge in [0.15, 0.2) is 5.43 Å². The topological polar surface area (TPSA) is 31.2 Å². The van der Waals surface area contributed by atoms with Crippen LogP contribution in [-0.4, -0.2) is 11.2 Å². The largest absolute Gasteiger partial charge is 0.489 e. The van der Waals surface area contributed by atoms with Crippen LogP contribution in [0.25, 0.3) is 10.9 Å². The lowest BCUT2D eigenvalue weighted by molar-refractivity contribution is 0.246. The summed E-state index contributed by atoms with van der Waals surface area (Å²) in [5.41, 5.74) is 1.77. The van der Waals surface area contributed by atoms with Crippen molar-refractivity contribution in [1.29, 1.82) is 0 Å². The molecule has 2 aromatic rings. The standard InChI is InChI=1S/C16H19NO2/c1-10-9-19-13-7-5-6-11-14(13)17(10)8-12(15(11)18)16(2,3)4/h5-8,10H,9H2,1-4H3. The third-order valence-corrected chi connectivity index (χ3v) is 3.78. The van der Waals surface area contributed by atoms with Gasteiger partial charge < -0.3 is 9.30 Å². The number of rotatable bonds is 0. The van der Waals surface area contributed by atoms with E-state index in [4.69, 9.17) is 4.74 Å². The lowest BCUT2D eigenvalue weighted by atomic mass is 9.86. The van der Waals surface area contributed by atoms with Gasteiger partial charge in [-0.3, -0.25) is 4.79 Å². The van der Waals surface area contributed by atoms with E-state index < -0.39 is 0 Å². The second-order valence-corrected chi connectivity index (χ2v) is 6.34. The SMILES string of the molecule is CC1COc2cccc3c(=O)c(C(C)(C)C)cn1c23. The maximum absolute atomic E-state index is 12.7. The van der Waals surface area contributed by atoms with E-state index in [1.165, 1.54) is 0 Å². The van der Waals surface area contributed by atoms with Crippen molar-refractivity contribution in [3.05, 3.63) is 40.2 Å². The molecule has 3 rings (SSSR count). The number of pyridine rings is 1. The lowest BCUT2D eigenvalue weighted by Crippen LogP contribution is -2.29. The summed E-state index contributed by atoms with van der Waals surface area (Å²) >= 11 is 0. The van der Waals surface area contributed by atoms with E-state index in [1.54, 1.807) is 0 Å². The summed E-state index contributed by atoms with van der Waals surface area (Å²) in [4.78, 5) is 12.7. The van der Waals surface area contributed by atoms with E-state index in [0.29, 0.717) is 6.61 Å². The summed E-state index contributed by atoms with van der Waals surface area (Å²) in [5, 5.41) is 0.761. The van der Waals surface area contributed by atoms with Gasteiger partial charge >= 0.3 is 0 Å². The Morgan fingerprint density at radius 1 is 1.32 bits per heavy atom. The molecule has 0 fully saturated rings. The van der Waals surface area contributed by atoms with Gasteiger partial charge in [-0.25, -0.2) is 0 Å². The van der Waals surface area contributed by atoms with Crippen LogP contribution in [0.2, 0.25) is 0 Å². The van der Waals surface area contributed by atoms with Gasteiger partial charge in [0.25, 0.3) is 0 Å². The van der Waals surface area contributed by atoms with Crippen LogP contribution in [0.3, 0.4) is 0 Å². The Bertz CT molecular complexity index is 707. The van der Waals surface area contributed by atoms with Gasteiger partial charge in [-0.15, -0.1) is 0 Å². The number of hydrogen-bond donors (Lipinski definition) is 0. The maximum Gasteiger partial charge on any atom is 0.193 e. The molecule has 0 N–H and O–H groups in total. The molecule has 0 bridgehead atoms. The van der Waals surface area contributed by atoms with Crippen molar-refractivity contribution in [2.45, 2.75) is 39.2 Å². The summed E-state index contributed by atoms with van der Waals surface area (Å²) in [6.07, 6.45) is 2.02. The highest BCUT2D eigenvalue weighted by molar-refractivity contribution is 5.86. The minimum Gasteiger partial charge on any atom is -0.489 e. The van der Waals surface area contributed by atoms with Crippen molar-refractivity contribution in [2.75, 3.05) is 6.61 Å². The van der Waals surface area contributed by atoms with Crippen molar-refractivity contribution in [2.24, 2.45) is 0 Å². The number of aromatic nitrogens is 1. The van der Waals surface area contributed by atoms with E-state index in [9.17, 15) is 4.79 Å². The van der Waals surface area contributed by atoms with Crippen LogP contribution in [0.1, 0.15) is 39.3 Å². The fourth-order valence-corrected chi connectivity index (χ4v) is 2.67. The van der Waals surface area contributed by atoms with Crippen molar-refractivity contribution >= 4 is 10.9 Å². The monoisotopic (exact) mass is 257 g/mol. The smallest absolute Gasteiger partial charge is 0.193 e. The zero-order chi connectivity index (χ0) is 13.8. The number of ether oxygens (including phenoxy) is 1. The Labute approximate surface area is 112 Å². The molecule has 2 heterocycles. The molecule has 19 heavy (non-hydrogen) atoms. The van der Waals surface area contributed by atoms with Gasteiger partial charge in [-0.1, -0.05) is 26.8 Å². The summed E-state index contributed by atoms with van der Waals surface area (Å²) in [6.45, 7) is 9.01. The highest BCUT2D eigenvalue weighted by atomic mass is 16.5. The Morgan fingerprint density at radius 3 is 2.74 bits per heavy atom. The molecular formula is C16H19NO2. The van der Waals surface area contributed by atoms with Crippen molar-refractivity contribution in [3.8, 4) is 5.75 Å². The number of para-hydroxylation sites is 1. The third kappa shape index (κ3) is 1.76. The third-order valence-electron chi connectivity index (χ3n) is 3.78. The summed E-state index contributed by atoms with van der Waals surface area (Å²) < 4.78 is 7.92. The van der Waals surface area contributed by atoms with Gasteiger partial charge in [0.2, 0.25) is 0 Å². The first-order chi connectivity index (χ1) is 8.89. The quantitative estimate of drug-likeness (QED) is 0.725. The fraction of sp³-hybridized carbons (Fsp3) is 0.438. The Balaban J connectivity index is 2.48. The first-order valence-corrected chi connectivity index (χ1v) is 6.71. The minimum absolute atomic E-state index is 0.123. The molecule has 3 nitrogen and oxygen atoms in total. The highest BCUT2D eigenvalue weighted by Crippen LogP contribution is 2.33. The van der Waals surface area contributed by atoms with Crippen LogP contribution in [0.15, 0.2) is 29.2 Å². The van der Waals surface area contributed by atoms with Crippen LogP contribution in [0.5, 0.6) is 5.75 Å². The molecule has 0 saturated carbocycles. The van der Waals surface area contributed by atoms with Gasteiger partial charge in [0, 0.05) is 17.1 Å². The number of nitrogens with zero attached hydrogens (tertiary/aromatic N) is 1. The van der Waals surface area contributed by atoms with E-state index in [2.05, 4.69) is 32.3 Å². The molecule has 1 unspecified atom stereocenters. The Morgan fingerprint density at radius 2 is 2.05 bits per heavy atom. The lowest BCUT2D eigenvalue weighted by Gasteiger charge is -2.29. The first-order valence-electron chi connectivity index (χ1n) is 6.71. The molecule has 1 aromatic heterocycles. The van der Waals surface area contributed by atoms with E-state index in [-0.39, 0.29) is 16.9 Å². The van der Waals surface area contributed by atoms with Crippen molar-refractivity contribution < 1.29 is 4.74 Å². The second kappa shape index (κ2) is 3.86. The molecule has 0 saturated heterocycles. The summed E-state index contributed by atoms with van der Waals surface area (Å²) in [5.74, 6) is 0.813. The van der Waals surface area contributed by atoms with E-state index >= 15 is 0 Å². The molecule has 0 aliphatic carbocycles. The van der Waals surface area contributed by atoms with Crippen LogP contribution in [-0.2, 0) is 5.41 Å². The van der Waals surface area contributed by atoms with Crippen LogP contribution in [0, 0.1) is 0 Å². The fourth-order valence-electron chi connectivity index (χ4n) is 2.67. The molecule has 0 spiro atoms. The number of benzene rings is 1. The van der Waals surface area contributed by atoms with Crippen molar-refractivity contribution in [1.82, 2.24) is 4.57 Å². The molecule has 0 radical (unpaired) electrons. The van der Waals surface area contributed by atoms with Gasteiger partial charge in [0.05, 0.1) is 11.6 Å². The van der Waals surface area contributed by atoms with Crippen LogP contribution >= 0.6 is 0 Å². The molecule has 1 aliphatic rings. The zero-order valence-corrected chi connectivity index (χ0v) is 11.9. The van der Waals surface area contributed by atoms with Crippen LogP contribution < -0.4 is 10.2 Å². The van der Waals surface area contributed by atoms with Gasteiger partial charge in [0.1, 0.15) is 12.4 Å². The summed E-state index contributed by atoms with van der Waals surface area (Å²) in [7, 11) is 0. The molecule has 3 heteroatoms. The van der Waals surface area contributed by atoms with E-state index in [1.807, 2.05) is 24.4 Å². The maximum atomic E-state index is 12.7. The molecule has 1 atom stereocenters. The first kappa shape index (κ1) is 12.3. The Hall–Kier alpha value is -1.77. The number of hydrogen-bond acceptors (Lipinski definition) is 2. The average Bonchev–Trinajstić information content (AvgIpc) is 2.34. The van der Waals surface area contributed by atoms with Gasteiger partial charge in [-0.2, -0.15) is 0 Å². The highest BCUT2D eigenvalue weighted by Gasteiger charge is 2.25. The van der Waals surface area contributed by atoms with Gasteiger partial charge in [-0.05, 0) is 24.5 Å². The normalized spacial score (nSPS) is 18.4. The summed E-state index contributed by atoms with van der Waals surface area (Å²) in [6, 6.07) is 5.97. The predicted molar refractivity (Wildman–Crippen MR) is 77.1 cm³/mol. The minimum atomic E-state index is -0.150. The van der Waals surface area contributed by atoms with Crippen molar-refractivity contribution in [3.63, 3.8) is 0 Å². The average molecular weight is 257 g/mol.